The third kappa shape index (κ3) is 3.55. The maximum atomic E-state index is 12.0. The van der Waals surface area contributed by atoms with Crippen LogP contribution >= 0.6 is 15.9 Å². The van der Waals surface area contributed by atoms with Gasteiger partial charge in [-0.15, -0.1) is 0 Å². The molecule has 0 bridgehead atoms. The lowest BCUT2D eigenvalue weighted by Gasteiger charge is -2.18. The summed E-state index contributed by atoms with van der Waals surface area (Å²) in [6, 6.07) is 15.1. The molecule has 24 heavy (non-hydrogen) atoms. The average molecular weight is 406 g/mol. The van der Waals surface area contributed by atoms with Crippen molar-refractivity contribution in [3.8, 4) is 6.07 Å². The molecular weight excluding hydrogens is 390 g/mol. The van der Waals surface area contributed by atoms with Crippen molar-refractivity contribution in [3.05, 3.63) is 58.1 Å². The van der Waals surface area contributed by atoms with Crippen molar-refractivity contribution < 1.29 is 8.42 Å². The summed E-state index contributed by atoms with van der Waals surface area (Å²) in [7, 11) is -3.17. The van der Waals surface area contributed by atoms with Crippen LogP contribution in [0.5, 0.6) is 0 Å². The Balaban J connectivity index is 1.78. The van der Waals surface area contributed by atoms with Crippen LogP contribution < -0.4 is 9.62 Å². The van der Waals surface area contributed by atoms with Crippen LogP contribution in [0.4, 0.5) is 11.4 Å². The molecule has 1 aliphatic rings. The molecule has 1 fully saturated rings. The van der Waals surface area contributed by atoms with Gasteiger partial charge in [0.25, 0.3) is 0 Å². The van der Waals surface area contributed by atoms with E-state index in [4.69, 9.17) is 0 Å². The number of nitrogens with one attached hydrogen (secondary N) is 1. The lowest BCUT2D eigenvalue weighted by Crippen LogP contribution is -2.25. The Morgan fingerprint density at radius 3 is 2.79 bits per heavy atom. The predicted octanol–water partition coefficient (Wildman–Crippen LogP) is 3.47. The number of sulfonamides is 1. The highest BCUT2D eigenvalue weighted by atomic mass is 79.9. The van der Waals surface area contributed by atoms with Crippen molar-refractivity contribution in [2.24, 2.45) is 0 Å². The summed E-state index contributed by atoms with van der Waals surface area (Å²) < 4.78 is 26.4. The van der Waals surface area contributed by atoms with E-state index in [9.17, 15) is 13.7 Å². The Kier molecular flexibility index (Phi) is 4.78. The number of benzene rings is 2. The Hall–Kier alpha value is -2.04. The molecule has 7 heteroatoms. The summed E-state index contributed by atoms with van der Waals surface area (Å²) in [4.78, 5) is 0. The van der Waals surface area contributed by atoms with Gasteiger partial charge in [0, 0.05) is 17.6 Å². The fraction of sp³-hybridized carbons (Fsp3) is 0.235. The first-order valence-corrected chi connectivity index (χ1v) is 9.93. The molecule has 2 aromatic carbocycles. The van der Waals surface area contributed by atoms with Gasteiger partial charge in [-0.1, -0.05) is 28.1 Å². The standard InChI is InChI=1S/C17H16BrN3O2S/c18-15-5-6-17(14(10-15)11-19)20-12-13-3-1-4-16(9-13)21-7-2-8-24(21,22)23/h1,3-6,9-10,20H,2,7-8,12H2. The minimum Gasteiger partial charge on any atom is -0.380 e. The normalized spacial score (nSPS) is 15.9. The van der Waals surface area contributed by atoms with E-state index < -0.39 is 10.0 Å². The van der Waals surface area contributed by atoms with Crippen LogP contribution in [0, 0.1) is 11.3 Å². The van der Waals surface area contributed by atoms with E-state index in [1.165, 1.54) is 4.31 Å². The molecule has 2 aromatic rings. The number of halogens is 1. The monoisotopic (exact) mass is 405 g/mol. The molecule has 0 spiro atoms. The molecule has 1 heterocycles. The van der Waals surface area contributed by atoms with Crippen molar-refractivity contribution in [1.82, 2.24) is 0 Å². The molecular formula is C17H16BrN3O2S. The Morgan fingerprint density at radius 1 is 1.25 bits per heavy atom. The van der Waals surface area contributed by atoms with Crippen molar-refractivity contribution in [3.63, 3.8) is 0 Å². The molecule has 1 saturated heterocycles. The number of hydrogen-bond acceptors (Lipinski definition) is 4. The van der Waals surface area contributed by atoms with E-state index in [-0.39, 0.29) is 5.75 Å². The smallest absolute Gasteiger partial charge is 0.235 e. The van der Waals surface area contributed by atoms with E-state index >= 15 is 0 Å². The van der Waals surface area contributed by atoms with Crippen LogP contribution in [0.3, 0.4) is 0 Å². The second-order valence-electron chi connectivity index (χ2n) is 5.57. The Morgan fingerprint density at radius 2 is 2.08 bits per heavy atom. The zero-order chi connectivity index (χ0) is 17.2. The van der Waals surface area contributed by atoms with Gasteiger partial charge in [-0.2, -0.15) is 5.26 Å². The fourth-order valence-electron chi connectivity index (χ4n) is 2.71. The molecule has 0 amide bonds. The minimum absolute atomic E-state index is 0.208. The highest BCUT2D eigenvalue weighted by Crippen LogP contribution is 2.26. The fourth-order valence-corrected chi connectivity index (χ4v) is 4.63. The molecule has 0 aromatic heterocycles. The summed E-state index contributed by atoms with van der Waals surface area (Å²) in [5, 5.41) is 12.4. The average Bonchev–Trinajstić information content (AvgIpc) is 2.93. The number of hydrogen-bond donors (Lipinski definition) is 1. The maximum Gasteiger partial charge on any atom is 0.235 e. The number of anilines is 2. The van der Waals surface area contributed by atoms with Crippen LogP contribution in [0.2, 0.25) is 0 Å². The van der Waals surface area contributed by atoms with Crippen LogP contribution in [0.1, 0.15) is 17.5 Å². The van der Waals surface area contributed by atoms with Crippen LogP contribution in [0.25, 0.3) is 0 Å². The van der Waals surface area contributed by atoms with Crippen molar-refractivity contribution in [2.75, 3.05) is 21.9 Å². The summed E-state index contributed by atoms with van der Waals surface area (Å²) in [5.74, 6) is 0.208. The zero-order valence-corrected chi connectivity index (χ0v) is 15.3. The molecule has 0 radical (unpaired) electrons. The molecule has 1 aliphatic heterocycles. The highest BCUT2D eigenvalue weighted by Gasteiger charge is 2.28. The highest BCUT2D eigenvalue weighted by molar-refractivity contribution is 9.10. The third-order valence-corrected chi connectivity index (χ3v) is 6.25. The molecule has 124 valence electrons. The lowest BCUT2D eigenvalue weighted by molar-refractivity contribution is 0.599. The third-order valence-electron chi connectivity index (χ3n) is 3.88. The predicted molar refractivity (Wildman–Crippen MR) is 98.4 cm³/mol. The molecule has 5 nitrogen and oxygen atoms in total. The summed E-state index contributed by atoms with van der Waals surface area (Å²) >= 11 is 3.35. The van der Waals surface area contributed by atoms with Crippen molar-refractivity contribution in [1.29, 1.82) is 5.26 Å². The first-order valence-electron chi connectivity index (χ1n) is 7.52. The zero-order valence-electron chi connectivity index (χ0n) is 12.9. The first-order chi connectivity index (χ1) is 11.5. The van der Waals surface area contributed by atoms with Gasteiger partial charge in [-0.05, 0) is 42.3 Å². The van der Waals surface area contributed by atoms with Crippen LogP contribution in [0.15, 0.2) is 46.9 Å². The summed E-state index contributed by atoms with van der Waals surface area (Å²) in [6.07, 6.45) is 0.662. The SMILES string of the molecule is N#Cc1cc(Br)ccc1NCc1cccc(N2CCCS2(=O)=O)c1. The summed E-state index contributed by atoms with van der Waals surface area (Å²) in [5.41, 5.74) is 2.96. The van der Waals surface area contributed by atoms with E-state index in [1.807, 2.05) is 36.4 Å². The largest absolute Gasteiger partial charge is 0.380 e. The van der Waals surface area contributed by atoms with Gasteiger partial charge < -0.3 is 5.32 Å². The second-order valence-corrected chi connectivity index (χ2v) is 8.50. The van der Waals surface area contributed by atoms with Crippen LogP contribution in [-0.2, 0) is 16.6 Å². The van der Waals surface area contributed by atoms with Gasteiger partial charge in [-0.25, -0.2) is 8.42 Å². The van der Waals surface area contributed by atoms with Gasteiger partial charge in [-0.3, -0.25) is 4.31 Å². The number of nitriles is 1. The van der Waals surface area contributed by atoms with Gasteiger partial charge in [0.15, 0.2) is 0 Å². The van der Waals surface area contributed by atoms with E-state index in [2.05, 4.69) is 27.3 Å². The van der Waals surface area contributed by atoms with Gasteiger partial charge in [0.2, 0.25) is 10.0 Å². The van der Waals surface area contributed by atoms with Crippen molar-refractivity contribution >= 4 is 37.3 Å². The first kappa shape index (κ1) is 16.8. The van der Waals surface area contributed by atoms with Crippen LogP contribution in [-0.4, -0.2) is 20.7 Å². The Bertz CT molecular complexity index is 906. The van der Waals surface area contributed by atoms with E-state index in [0.29, 0.717) is 30.8 Å². The second kappa shape index (κ2) is 6.83. The quantitative estimate of drug-likeness (QED) is 0.844. The lowest BCUT2D eigenvalue weighted by atomic mass is 10.1. The molecule has 1 N–H and O–H groups in total. The van der Waals surface area contributed by atoms with E-state index in [0.717, 1.165) is 15.7 Å². The van der Waals surface area contributed by atoms with Gasteiger partial charge >= 0.3 is 0 Å². The van der Waals surface area contributed by atoms with Gasteiger partial charge in [0.05, 0.1) is 22.7 Å². The maximum absolute atomic E-state index is 12.0. The number of nitrogens with zero attached hydrogens (tertiary/aromatic N) is 2. The molecule has 0 atom stereocenters. The molecule has 3 rings (SSSR count). The van der Waals surface area contributed by atoms with Gasteiger partial charge in [0.1, 0.15) is 6.07 Å². The van der Waals surface area contributed by atoms with Crippen molar-refractivity contribution in [2.45, 2.75) is 13.0 Å². The number of rotatable bonds is 4. The molecule has 0 unspecified atom stereocenters. The Labute approximate surface area is 150 Å². The topological polar surface area (TPSA) is 73.2 Å². The van der Waals surface area contributed by atoms with E-state index in [1.54, 1.807) is 6.07 Å². The summed E-state index contributed by atoms with van der Waals surface area (Å²) in [6.45, 7) is 1.04. The minimum atomic E-state index is -3.17. The molecule has 0 saturated carbocycles. The molecule has 0 aliphatic carbocycles.